The summed E-state index contributed by atoms with van der Waals surface area (Å²) in [6.45, 7) is 3.55. The second-order valence-electron chi connectivity index (χ2n) is 2.88. The zero-order chi connectivity index (χ0) is 11.3. The highest BCUT2D eigenvalue weighted by atomic mass is 79.9. The third kappa shape index (κ3) is 3.47. The van der Waals surface area contributed by atoms with Gasteiger partial charge in [0.25, 0.3) is 0 Å². The predicted octanol–water partition coefficient (Wildman–Crippen LogP) is 2.78. The molecule has 0 aliphatic carbocycles. The molecule has 0 saturated carbocycles. The summed E-state index contributed by atoms with van der Waals surface area (Å²) in [6, 6.07) is 4.80. The number of esters is 1. The summed E-state index contributed by atoms with van der Waals surface area (Å²) in [7, 11) is 0. The van der Waals surface area contributed by atoms with Crippen molar-refractivity contribution in [2.75, 3.05) is 0 Å². The minimum Gasteiger partial charge on any atom is -0.427 e. The first-order valence-corrected chi connectivity index (χ1v) is 5.21. The van der Waals surface area contributed by atoms with E-state index < -0.39 is 0 Å². The largest absolute Gasteiger partial charge is 0.427 e. The normalized spacial score (nSPS) is 9.73. The average molecular weight is 270 g/mol. The summed E-state index contributed by atoms with van der Waals surface area (Å²) in [5.41, 5.74) is 0.454. The van der Waals surface area contributed by atoms with Crippen LogP contribution in [0.15, 0.2) is 22.7 Å². The number of carbonyl (C=O) groups excluding carboxylic acids is 2. The molecule has 0 amide bonds. The Hall–Kier alpha value is -1.16. The first-order valence-electron chi connectivity index (χ1n) is 4.42. The van der Waals surface area contributed by atoms with Crippen LogP contribution in [0.3, 0.4) is 0 Å². The Morgan fingerprint density at radius 2 is 2.27 bits per heavy atom. The molecule has 0 aromatic heterocycles. The van der Waals surface area contributed by atoms with Gasteiger partial charge in [0.05, 0.1) is 0 Å². The molecule has 0 bridgehead atoms. The van der Waals surface area contributed by atoms with Gasteiger partial charge < -0.3 is 4.74 Å². The molecule has 0 N–H and O–H groups in total. The molecule has 0 aliphatic heterocycles. The van der Waals surface area contributed by atoms with E-state index in [-0.39, 0.29) is 12.4 Å². The van der Waals surface area contributed by atoms with Crippen molar-refractivity contribution in [1.29, 1.82) is 0 Å². The Morgan fingerprint density at radius 1 is 1.53 bits per heavy atom. The number of benzene rings is 1. The van der Waals surface area contributed by atoms with Crippen molar-refractivity contribution in [3.63, 3.8) is 0 Å². The molecule has 0 spiro atoms. The van der Waals surface area contributed by atoms with E-state index in [2.05, 4.69) is 22.9 Å². The maximum atomic E-state index is 11.1. The number of carbonyl (C=O) groups is 2. The Balaban J connectivity index is 2.78. The van der Waals surface area contributed by atoms with Gasteiger partial charge in [-0.3, -0.25) is 9.59 Å². The van der Waals surface area contributed by atoms with E-state index in [1.165, 1.54) is 6.07 Å². The minimum atomic E-state index is -0.343. The highest BCUT2D eigenvalue weighted by molar-refractivity contribution is 9.10. The predicted molar refractivity (Wildman–Crippen MR) is 59.8 cm³/mol. The van der Waals surface area contributed by atoms with Gasteiger partial charge in [-0.2, -0.15) is 0 Å². The summed E-state index contributed by atoms with van der Waals surface area (Å²) in [4.78, 5) is 21.7. The third-order valence-electron chi connectivity index (χ3n) is 1.71. The highest BCUT2D eigenvalue weighted by Crippen LogP contribution is 2.21. The van der Waals surface area contributed by atoms with E-state index in [0.717, 1.165) is 0 Å². The molecule has 1 rings (SSSR count). The number of hydrogen-bond acceptors (Lipinski definition) is 3. The molecule has 1 aromatic rings. The van der Waals surface area contributed by atoms with Gasteiger partial charge in [0.2, 0.25) is 0 Å². The smallest absolute Gasteiger partial charge is 0.311 e. The lowest BCUT2D eigenvalue weighted by atomic mass is 10.2. The van der Waals surface area contributed by atoms with Crippen molar-refractivity contribution in [3.05, 3.63) is 35.2 Å². The Morgan fingerprint density at radius 3 is 2.87 bits per heavy atom. The Kier molecular flexibility index (Phi) is 4.49. The van der Waals surface area contributed by atoms with Gasteiger partial charge in [0.1, 0.15) is 5.75 Å². The van der Waals surface area contributed by atoms with Crippen molar-refractivity contribution in [2.24, 2.45) is 0 Å². The molecule has 15 heavy (non-hydrogen) atoms. The van der Waals surface area contributed by atoms with Crippen LogP contribution in [0.2, 0.25) is 0 Å². The second-order valence-corrected chi connectivity index (χ2v) is 3.73. The fraction of sp³-hybridized carbons (Fsp3) is 0.182. The van der Waals surface area contributed by atoms with E-state index >= 15 is 0 Å². The molecular weight excluding hydrogens is 260 g/mol. The van der Waals surface area contributed by atoms with Crippen LogP contribution in [-0.4, -0.2) is 12.3 Å². The molecule has 4 heteroatoms. The zero-order valence-corrected chi connectivity index (χ0v) is 9.62. The summed E-state index contributed by atoms with van der Waals surface area (Å²) in [5.74, 6) is 0.0305. The fourth-order valence-corrected chi connectivity index (χ4v) is 1.34. The van der Waals surface area contributed by atoms with Crippen LogP contribution in [0.1, 0.15) is 23.2 Å². The monoisotopic (exact) mass is 269 g/mol. The number of ether oxygens (including phenoxy) is 1. The SMILES string of the molecule is [CH2]CCC(=O)Oc1ccc(Br)c(C=O)c1. The van der Waals surface area contributed by atoms with Gasteiger partial charge in [-0.15, -0.1) is 0 Å². The van der Waals surface area contributed by atoms with Crippen LogP contribution in [0.25, 0.3) is 0 Å². The molecule has 0 fully saturated rings. The fourth-order valence-electron chi connectivity index (χ4n) is 1.00. The third-order valence-corrected chi connectivity index (χ3v) is 2.43. The number of halogens is 1. The summed E-state index contributed by atoms with van der Waals surface area (Å²) < 4.78 is 5.67. The van der Waals surface area contributed by atoms with Crippen LogP contribution < -0.4 is 4.74 Å². The van der Waals surface area contributed by atoms with Crippen molar-refractivity contribution in [3.8, 4) is 5.75 Å². The van der Waals surface area contributed by atoms with Crippen molar-refractivity contribution in [1.82, 2.24) is 0 Å². The number of rotatable bonds is 4. The molecule has 0 atom stereocenters. The average Bonchev–Trinajstić information content (AvgIpc) is 2.21. The van der Waals surface area contributed by atoms with Gasteiger partial charge in [-0.1, -0.05) is 22.9 Å². The Labute approximate surface area is 96.6 Å². The van der Waals surface area contributed by atoms with Crippen LogP contribution >= 0.6 is 15.9 Å². The van der Waals surface area contributed by atoms with Crippen molar-refractivity contribution < 1.29 is 14.3 Å². The highest BCUT2D eigenvalue weighted by Gasteiger charge is 2.05. The van der Waals surface area contributed by atoms with Crippen molar-refractivity contribution in [2.45, 2.75) is 12.8 Å². The summed E-state index contributed by atoms with van der Waals surface area (Å²) >= 11 is 3.21. The molecule has 3 nitrogen and oxygen atoms in total. The Bertz CT molecular complexity index is 374. The van der Waals surface area contributed by atoms with Crippen LogP contribution in [0.4, 0.5) is 0 Å². The number of hydrogen-bond donors (Lipinski definition) is 0. The quantitative estimate of drug-likeness (QED) is 0.480. The van der Waals surface area contributed by atoms with E-state index in [1.54, 1.807) is 12.1 Å². The second kappa shape index (κ2) is 5.66. The molecule has 79 valence electrons. The van der Waals surface area contributed by atoms with Gasteiger partial charge in [-0.25, -0.2) is 0 Å². The maximum absolute atomic E-state index is 11.1. The number of aldehydes is 1. The molecule has 1 aromatic carbocycles. The lowest BCUT2D eigenvalue weighted by Gasteiger charge is -2.04. The van der Waals surface area contributed by atoms with Gasteiger partial charge in [0, 0.05) is 16.5 Å². The summed E-state index contributed by atoms with van der Waals surface area (Å²) in [5, 5.41) is 0. The van der Waals surface area contributed by atoms with Gasteiger partial charge in [-0.05, 0) is 24.6 Å². The van der Waals surface area contributed by atoms with E-state index in [1.807, 2.05) is 0 Å². The maximum Gasteiger partial charge on any atom is 0.311 e. The molecule has 0 saturated heterocycles. The topological polar surface area (TPSA) is 43.4 Å². The molecule has 1 radical (unpaired) electrons. The van der Waals surface area contributed by atoms with Gasteiger partial charge in [0.15, 0.2) is 6.29 Å². The van der Waals surface area contributed by atoms with Crippen molar-refractivity contribution >= 4 is 28.2 Å². The lowest BCUT2D eigenvalue weighted by Crippen LogP contribution is -2.07. The molecule has 0 aliphatic rings. The van der Waals surface area contributed by atoms with Crippen LogP contribution in [0, 0.1) is 6.92 Å². The van der Waals surface area contributed by atoms with E-state index in [4.69, 9.17) is 4.74 Å². The van der Waals surface area contributed by atoms with E-state index in [9.17, 15) is 9.59 Å². The van der Waals surface area contributed by atoms with Gasteiger partial charge >= 0.3 is 5.97 Å². The molecule has 0 heterocycles. The van der Waals surface area contributed by atoms with E-state index in [0.29, 0.717) is 28.5 Å². The first kappa shape index (κ1) is 11.9. The van der Waals surface area contributed by atoms with Crippen LogP contribution in [-0.2, 0) is 4.79 Å². The van der Waals surface area contributed by atoms with Crippen LogP contribution in [0.5, 0.6) is 5.75 Å². The summed E-state index contributed by atoms with van der Waals surface area (Å²) in [6.07, 6.45) is 1.46. The minimum absolute atomic E-state index is 0.270. The first-order chi connectivity index (χ1) is 7.17. The zero-order valence-electron chi connectivity index (χ0n) is 8.03. The molecule has 0 unspecified atom stereocenters. The molecular formula is C11H10BrO3. The lowest BCUT2D eigenvalue weighted by molar-refractivity contribution is -0.134. The standard InChI is InChI=1S/C11H10BrO3/c1-2-3-11(14)15-9-4-5-10(12)8(6-9)7-13/h4-7H,1-3H2.